The van der Waals surface area contributed by atoms with Crippen LogP contribution in [0.5, 0.6) is 0 Å². The molecule has 1 saturated heterocycles. The normalized spacial score (nSPS) is 29.6. The van der Waals surface area contributed by atoms with Crippen molar-refractivity contribution in [2.75, 3.05) is 44.8 Å². The average molecular weight is 295 g/mol. The van der Waals surface area contributed by atoms with Gasteiger partial charge in [0.15, 0.2) is 0 Å². The Bertz CT molecular complexity index is 487. The maximum absolute atomic E-state index is 6.54. The lowest BCUT2D eigenvalue weighted by Gasteiger charge is -2.30. The second-order valence-electron chi connectivity index (χ2n) is 6.06. The minimum absolute atomic E-state index is 0.294. The summed E-state index contributed by atoms with van der Waals surface area (Å²) in [6, 6.07) is 6.62. The molecule has 2 unspecified atom stereocenters. The summed E-state index contributed by atoms with van der Waals surface area (Å²) < 4.78 is 5.40. The SMILES string of the molecule is CNCC1(c2ccc(N3CCOCC3)c(Cl)c2)CC1C. The van der Waals surface area contributed by atoms with E-state index in [0.29, 0.717) is 5.41 Å². The number of benzene rings is 1. The van der Waals surface area contributed by atoms with Crippen LogP contribution in [-0.2, 0) is 10.2 Å². The molecule has 2 atom stereocenters. The van der Waals surface area contributed by atoms with E-state index in [2.05, 4.69) is 35.3 Å². The van der Waals surface area contributed by atoms with Crippen LogP contribution < -0.4 is 10.2 Å². The highest BCUT2D eigenvalue weighted by molar-refractivity contribution is 6.33. The molecule has 2 fully saturated rings. The smallest absolute Gasteiger partial charge is 0.0642 e. The van der Waals surface area contributed by atoms with Gasteiger partial charge in [-0.1, -0.05) is 24.6 Å². The Labute approximate surface area is 126 Å². The van der Waals surface area contributed by atoms with E-state index in [9.17, 15) is 0 Å². The van der Waals surface area contributed by atoms with E-state index in [1.54, 1.807) is 0 Å². The minimum Gasteiger partial charge on any atom is -0.378 e. The molecule has 0 aromatic heterocycles. The van der Waals surface area contributed by atoms with Crippen LogP contribution in [0.1, 0.15) is 18.9 Å². The Kier molecular flexibility index (Phi) is 3.93. The van der Waals surface area contributed by atoms with Crippen molar-refractivity contribution < 1.29 is 4.74 Å². The van der Waals surface area contributed by atoms with Gasteiger partial charge in [0.2, 0.25) is 0 Å². The van der Waals surface area contributed by atoms with Gasteiger partial charge in [-0.25, -0.2) is 0 Å². The van der Waals surface area contributed by atoms with Gasteiger partial charge in [0, 0.05) is 25.0 Å². The van der Waals surface area contributed by atoms with Crippen molar-refractivity contribution in [2.24, 2.45) is 5.92 Å². The zero-order valence-electron chi connectivity index (χ0n) is 12.3. The first-order valence-corrected chi connectivity index (χ1v) is 7.82. The second kappa shape index (κ2) is 5.55. The highest BCUT2D eigenvalue weighted by atomic mass is 35.5. The summed E-state index contributed by atoms with van der Waals surface area (Å²) in [5, 5.41) is 4.20. The summed E-state index contributed by atoms with van der Waals surface area (Å²) >= 11 is 6.54. The van der Waals surface area contributed by atoms with Crippen LogP contribution in [0.2, 0.25) is 5.02 Å². The van der Waals surface area contributed by atoms with Crippen LogP contribution in [0.25, 0.3) is 0 Å². The fourth-order valence-corrected chi connectivity index (χ4v) is 3.73. The molecule has 4 heteroatoms. The molecule has 1 aromatic carbocycles. The summed E-state index contributed by atoms with van der Waals surface area (Å²) in [6.45, 7) is 6.79. The molecule has 20 heavy (non-hydrogen) atoms. The molecule has 1 aromatic rings. The standard InChI is InChI=1S/C16H23ClN2O/c1-12-10-16(12,11-18-2)13-3-4-15(14(17)9-13)19-5-7-20-8-6-19/h3-4,9,12,18H,5-8,10-11H2,1-2H3. The van der Waals surface area contributed by atoms with E-state index < -0.39 is 0 Å². The summed E-state index contributed by atoms with van der Waals surface area (Å²) in [7, 11) is 2.02. The molecule has 0 bridgehead atoms. The number of hydrogen-bond acceptors (Lipinski definition) is 3. The fraction of sp³-hybridized carbons (Fsp3) is 0.625. The van der Waals surface area contributed by atoms with E-state index in [1.807, 2.05) is 7.05 Å². The predicted octanol–water partition coefficient (Wildman–Crippen LogP) is 2.67. The number of nitrogens with one attached hydrogen (secondary N) is 1. The molecule has 1 saturated carbocycles. The number of anilines is 1. The van der Waals surface area contributed by atoms with Crippen LogP contribution in [0.4, 0.5) is 5.69 Å². The average Bonchev–Trinajstić information content (AvgIpc) is 3.11. The third-order valence-electron chi connectivity index (χ3n) is 4.82. The minimum atomic E-state index is 0.294. The van der Waals surface area contributed by atoms with Crippen molar-refractivity contribution in [3.63, 3.8) is 0 Å². The van der Waals surface area contributed by atoms with Crippen LogP contribution in [0.3, 0.4) is 0 Å². The summed E-state index contributed by atoms with van der Waals surface area (Å²) in [4.78, 5) is 2.32. The van der Waals surface area contributed by atoms with Gasteiger partial charge in [0.1, 0.15) is 0 Å². The Morgan fingerprint density at radius 3 is 2.65 bits per heavy atom. The number of halogens is 1. The van der Waals surface area contributed by atoms with E-state index in [-0.39, 0.29) is 0 Å². The van der Waals surface area contributed by atoms with Crippen molar-refractivity contribution in [3.05, 3.63) is 28.8 Å². The van der Waals surface area contributed by atoms with Gasteiger partial charge >= 0.3 is 0 Å². The van der Waals surface area contributed by atoms with Gasteiger partial charge in [0.05, 0.1) is 23.9 Å². The molecule has 1 N–H and O–H groups in total. The molecule has 1 heterocycles. The molecule has 3 rings (SSSR count). The van der Waals surface area contributed by atoms with Gasteiger partial charge in [0.25, 0.3) is 0 Å². The lowest BCUT2D eigenvalue weighted by atomic mass is 9.93. The predicted molar refractivity (Wildman–Crippen MR) is 83.9 cm³/mol. The molecular weight excluding hydrogens is 272 g/mol. The molecule has 0 radical (unpaired) electrons. The molecule has 3 nitrogen and oxygen atoms in total. The lowest BCUT2D eigenvalue weighted by molar-refractivity contribution is 0.122. The molecular formula is C16H23ClN2O. The van der Waals surface area contributed by atoms with Crippen molar-refractivity contribution >= 4 is 17.3 Å². The molecule has 1 aliphatic heterocycles. The van der Waals surface area contributed by atoms with E-state index in [0.717, 1.165) is 49.5 Å². The van der Waals surface area contributed by atoms with Crippen LogP contribution in [0.15, 0.2) is 18.2 Å². The topological polar surface area (TPSA) is 24.5 Å². The summed E-state index contributed by atoms with van der Waals surface area (Å²) in [5.41, 5.74) is 2.81. The zero-order valence-corrected chi connectivity index (χ0v) is 13.0. The molecule has 1 aliphatic carbocycles. The van der Waals surface area contributed by atoms with E-state index >= 15 is 0 Å². The van der Waals surface area contributed by atoms with Crippen molar-refractivity contribution in [2.45, 2.75) is 18.8 Å². The summed E-state index contributed by atoms with van der Waals surface area (Å²) in [6.07, 6.45) is 1.25. The number of rotatable bonds is 4. The fourth-order valence-electron chi connectivity index (χ4n) is 3.43. The van der Waals surface area contributed by atoms with Gasteiger partial charge in [-0.2, -0.15) is 0 Å². The Morgan fingerprint density at radius 2 is 2.10 bits per heavy atom. The Morgan fingerprint density at radius 1 is 1.40 bits per heavy atom. The second-order valence-corrected chi connectivity index (χ2v) is 6.46. The molecule has 110 valence electrons. The van der Waals surface area contributed by atoms with Crippen molar-refractivity contribution in [1.82, 2.24) is 5.32 Å². The van der Waals surface area contributed by atoms with Gasteiger partial charge in [-0.15, -0.1) is 0 Å². The lowest BCUT2D eigenvalue weighted by Crippen LogP contribution is -2.36. The molecule has 2 aliphatic rings. The third kappa shape index (κ3) is 2.43. The number of nitrogens with zero attached hydrogens (tertiary/aromatic N) is 1. The first-order chi connectivity index (χ1) is 9.67. The van der Waals surface area contributed by atoms with E-state index in [4.69, 9.17) is 16.3 Å². The highest BCUT2D eigenvalue weighted by Crippen LogP contribution is 2.54. The number of ether oxygens (including phenoxy) is 1. The van der Waals surface area contributed by atoms with Crippen molar-refractivity contribution in [1.29, 1.82) is 0 Å². The number of likely N-dealkylation sites (N-methyl/N-ethyl adjacent to an activating group) is 1. The van der Waals surface area contributed by atoms with Crippen LogP contribution in [-0.4, -0.2) is 39.9 Å². The zero-order chi connectivity index (χ0) is 14.2. The number of morpholine rings is 1. The van der Waals surface area contributed by atoms with Gasteiger partial charge in [-0.05, 0) is 37.1 Å². The summed E-state index contributed by atoms with van der Waals surface area (Å²) in [5.74, 6) is 0.736. The van der Waals surface area contributed by atoms with Crippen LogP contribution in [0, 0.1) is 5.92 Å². The monoisotopic (exact) mass is 294 g/mol. The third-order valence-corrected chi connectivity index (χ3v) is 5.12. The van der Waals surface area contributed by atoms with E-state index in [1.165, 1.54) is 12.0 Å². The first-order valence-electron chi connectivity index (χ1n) is 7.45. The maximum atomic E-state index is 6.54. The van der Waals surface area contributed by atoms with Crippen molar-refractivity contribution in [3.8, 4) is 0 Å². The molecule has 0 amide bonds. The highest BCUT2D eigenvalue weighted by Gasteiger charge is 2.51. The largest absolute Gasteiger partial charge is 0.378 e. The van der Waals surface area contributed by atoms with Gasteiger partial charge in [-0.3, -0.25) is 0 Å². The quantitative estimate of drug-likeness (QED) is 0.924. The Balaban J connectivity index is 1.84. The van der Waals surface area contributed by atoms with Crippen LogP contribution >= 0.6 is 11.6 Å². The molecule has 0 spiro atoms. The Hall–Kier alpha value is -0.770. The maximum Gasteiger partial charge on any atom is 0.0642 e. The number of hydrogen-bond donors (Lipinski definition) is 1. The van der Waals surface area contributed by atoms with Gasteiger partial charge < -0.3 is 15.0 Å². The first kappa shape index (κ1) is 14.2.